The van der Waals surface area contributed by atoms with Crippen LogP contribution in [0.2, 0.25) is 0 Å². The Morgan fingerprint density at radius 2 is 1.81 bits per heavy atom. The molecule has 1 N–H and O–H groups in total. The monoisotopic (exact) mass is 365 g/mol. The van der Waals surface area contributed by atoms with E-state index in [1.165, 1.54) is 5.56 Å². The van der Waals surface area contributed by atoms with Gasteiger partial charge in [0.1, 0.15) is 6.10 Å². The molecular weight excluding hydrogens is 338 g/mol. The van der Waals surface area contributed by atoms with Crippen molar-refractivity contribution >= 4 is 11.7 Å². The molecule has 2 aliphatic rings. The molecule has 2 saturated heterocycles. The van der Waals surface area contributed by atoms with E-state index in [2.05, 4.69) is 36.3 Å². The SMILES string of the molecule is CC(C)c1ccc(NC(=O)N2C3CCC2CC(Oc2ccccn2)C3)cc1. The van der Waals surface area contributed by atoms with Gasteiger partial charge in [0.25, 0.3) is 0 Å². The molecule has 4 rings (SSSR count). The second kappa shape index (κ2) is 7.59. The predicted molar refractivity (Wildman–Crippen MR) is 106 cm³/mol. The Labute approximate surface area is 160 Å². The molecule has 5 nitrogen and oxygen atoms in total. The number of rotatable bonds is 4. The molecule has 2 atom stereocenters. The molecule has 5 heteroatoms. The topological polar surface area (TPSA) is 54.5 Å². The van der Waals surface area contributed by atoms with Gasteiger partial charge in [0.2, 0.25) is 5.88 Å². The van der Waals surface area contributed by atoms with E-state index in [4.69, 9.17) is 4.74 Å². The van der Waals surface area contributed by atoms with E-state index >= 15 is 0 Å². The fraction of sp³-hybridized carbons (Fsp3) is 0.455. The zero-order valence-corrected chi connectivity index (χ0v) is 16.0. The number of ether oxygens (including phenoxy) is 1. The number of nitrogens with one attached hydrogen (secondary N) is 1. The van der Waals surface area contributed by atoms with E-state index in [1.807, 2.05) is 35.2 Å². The normalized spacial score (nSPS) is 24.1. The molecule has 0 spiro atoms. The maximum atomic E-state index is 12.9. The van der Waals surface area contributed by atoms with Crippen LogP contribution < -0.4 is 10.1 Å². The lowest BCUT2D eigenvalue weighted by Crippen LogP contribution is -2.50. The third-order valence-electron chi connectivity index (χ3n) is 5.68. The number of hydrogen-bond acceptors (Lipinski definition) is 3. The minimum Gasteiger partial charge on any atom is -0.474 e. The average molecular weight is 365 g/mol. The molecule has 2 amide bonds. The van der Waals surface area contributed by atoms with Gasteiger partial charge in [-0.1, -0.05) is 32.0 Å². The number of nitrogens with zero attached hydrogens (tertiary/aromatic N) is 2. The van der Waals surface area contributed by atoms with Crippen LogP contribution >= 0.6 is 0 Å². The van der Waals surface area contributed by atoms with Crippen molar-refractivity contribution in [2.24, 2.45) is 0 Å². The highest BCUT2D eigenvalue weighted by Crippen LogP contribution is 2.37. The van der Waals surface area contributed by atoms with E-state index in [0.717, 1.165) is 31.4 Å². The largest absolute Gasteiger partial charge is 0.474 e. The second-order valence-corrected chi connectivity index (χ2v) is 7.88. The van der Waals surface area contributed by atoms with Crippen LogP contribution in [0.1, 0.15) is 51.0 Å². The van der Waals surface area contributed by atoms with Gasteiger partial charge in [0.15, 0.2) is 0 Å². The van der Waals surface area contributed by atoms with Crippen LogP contribution in [-0.2, 0) is 0 Å². The smallest absolute Gasteiger partial charge is 0.322 e. The summed E-state index contributed by atoms with van der Waals surface area (Å²) in [5.41, 5.74) is 2.14. The molecule has 2 unspecified atom stereocenters. The van der Waals surface area contributed by atoms with E-state index in [1.54, 1.807) is 6.20 Å². The van der Waals surface area contributed by atoms with Crippen LogP contribution in [0.3, 0.4) is 0 Å². The fourth-order valence-corrected chi connectivity index (χ4v) is 4.28. The van der Waals surface area contributed by atoms with Crippen LogP contribution in [-0.4, -0.2) is 34.1 Å². The number of aromatic nitrogens is 1. The summed E-state index contributed by atoms with van der Waals surface area (Å²) in [6, 6.07) is 14.4. The van der Waals surface area contributed by atoms with Gasteiger partial charge in [-0.2, -0.15) is 0 Å². The third-order valence-corrected chi connectivity index (χ3v) is 5.68. The first-order chi connectivity index (χ1) is 13.1. The summed E-state index contributed by atoms with van der Waals surface area (Å²) in [7, 11) is 0. The zero-order valence-electron chi connectivity index (χ0n) is 16.0. The highest BCUT2D eigenvalue weighted by Gasteiger charge is 2.44. The number of amides is 2. The molecule has 2 fully saturated rings. The summed E-state index contributed by atoms with van der Waals surface area (Å²) in [6.07, 6.45) is 5.71. The van der Waals surface area contributed by atoms with Gasteiger partial charge in [-0.3, -0.25) is 0 Å². The number of piperidine rings is 1. The molecule has 27 heavy (non-hydrogen) atoms. The first-order valence-corrected chi connectivity index (χ1v) is 9.87. The molecule has 0 radical (unpaired) electrons. The van der Waals surface area contributed by atoms with E-state index in [9.17, 15) is 4.79 Å². The lowest BCUT2D eigenvalue weighted by Gasteiger charge is -2.38. The second-order valence-electron chi connectivity index (χ2n) is 7.88. The van der Waals surface area contributed by atoms with Crippen LogP contribution in [0, 0.1) is 0 Å². The molecule has 0 saturated carbocycles. The number of pyridine rings is 1. The average Bonchev–Trinajstić information content (AvgIpc) is 2.94. The van der Waals surface area contributed by atoms with Crippen LogP contribution in [0.15, 0.2) is 48.7 Å². The van der Waals surface area contributed by atoms with Crippen molar-refractivity contribution in [1.82, 2.24) is 9.88 Å². The summed E-state index contributed by atoms with van der Waals surface area (Å²) >= 11 is 0. The van der Waals surface area contributed by atoms with Gasteiger partial charge in [0, 0.05) is 42.9 Å². The third kappa shape index (κ3) is 3.92. The van der Waals surface area contributed by atoms with E-state index < -0.39 is 0 Å². The lowest BCUT2D eigenvalue weighted by molar-refractivity contribution is 0.0704. The van der Waals surface area contributed by atoms with E-state index in [0.29, 0.717) is 11.8 Å². The minimum atomic E-state index is 0.0103. The first kappa shape index (κ1) is 17.8. The Hall–Kier alpha value is -2.56. The van der Waals surface area contributed by atoms with E-state index in [-0.39, 0.29) is 24.2 Å². The quantitative estimate of drug-likeness (QED) is 0.846. The summed E-state index contributed by atoms with van der Waals surface area (Å²) in [6.45, 7) is 4.34. The van der Waals surface area contributed by atoms with Gasteiger partial charge in [-0.05, 0) is 42.5 Å². The highest BCUT2D eigenvalue weighted by atomic mass is 16.5. The van der Waals surface area contributed by atoms with Crippen molar-refractivity contribution in [2.45, 2.75) is 63.6 Å². The first-order valence-electron chi connectivity index (χ1n) is 9.87. The van der Waals surface area contributed by atoms with Crippen molar-refractivity contribution in [3.05, 3.63) is 54.2 Å². The van der Waals surface area contributed by atoms with Gasteiger partial charge in [0.05, 0.1) is 0 Å². The van der Waals surface area contributed by atoms with Crippen LogP contribution in [0.4, 0.5) is 10.5 Å². The van der Waals surface area contributed by atoms with Gasteiger partial charge in [-0.25, -0.2) is 9.78 Å². The molecular formula is C22H27N3O2. The van der Waals surface area contributed by atoms with Crippen molar-refractivity contribution in [3.8, 4) is 5.88 Å². The molecule has 142 valence electrons. The van der Waals surface area contributed by atoms with Crippen LogP contribution in [0.5, 0.6) is 5.88 Å². The molecule has 2 aliphatic heterocycles. The van der Waals surface area contributed by atoms with Crippen molar-refractivity contribution in [2.75, 3.05) is 5.32 Å². The Balaban J connectivity index is 1.38. The maximum Gasteiger partial charge on any atom is 0.322 e. The van der Waals surface area contributed by atoms with Crippen molar-refractivity contribution < 1.29 is 9.53 Å². The number of carbonyl (C=O) groups excluding carboxylic acids is 1. The van der Waals surface area contributed by atoms with Gasteiger partial charge >= 0.3 is 6.03 Å². The van der Waals surface area contributed by atoms with Gasteiger partial charge < -0.3 is 15.0 Å². The number of hydrogen-bond donors (Lipinski definition) is 1. The number of anilines is 1. The molecule has 1 aromatic carbocycles. The number of benzene rings is 1. The van der Waals surface area contributed by atoms with Crippen molar-refractivity contribution in [3.63, 3.8) is 0 Å². The summed E-state index contributed by atoms with van der Waals surface area (Å²) in [4.78, 5) is 19.2. The molecule has 3 heterocycles. The molecule has 2 aromatic rings. The Bertz CT molecular complexity index is 762. The zero-order chi connectivity index (χ0) is 18.8. The number of urea groups is 1. The Morgan fingerprint density at radius 3 is 2.41 bits per heavy atom. The molecule has 0 aliphatic carbocycles. The highest BCUT2D eigenvalue weighted by molar-refractivity contribution is 5.90. The van der Waals surface area contributed by atoms with Crippen LogP contribution in [0.25, 0.3) is 0 Å². The van der Waals surface area contributed by atoms with Gasteiger partial charge in [-0.15, -0.1) is 0 Å². The summed E-state index contributed by atoms with van der Waals surface area (Å²) in [5.74, 6) is 1.16. The lowest BCUT2D eigenvalue weighted by atomic mass is 10.00. The van der Waals surface area contributed by atoms with Crippen molar-refractivity contribution in [1.29, 1.82) is 0 Å². The Kier molecular flexibility index (Phi) is 5.01. The predicted octanol–water partition coefficient (Wildman–Crippen LogP) is 4.81. The fourth-order valence-electron chi connectivity index (χ4n) is 4.28. The summed E-state index contributed by atoms with van der Waals surface area (Å²) in [5, 5.41) is 3.08. The minimum absolute atomic E-state index is 0.0103. The molecule has 2 bridgehead atoms. The molecule has 1 aromatic heterocycles. The standard InChI is InChI=1S/C22H27N3O2/c1-15(2)16-6-8-17(9-7-16)24-22(26)25-18-10-11-19(25)14-20(13-18)27-21-5-3-4-12-23-21/h3-9,12,15,18-20H,10-11,13-14H2,1-2H3,(H,24,26). The number of fused-ring (bicyclic) bond motifs is 2. The summed E-state index contributed by atoms with van der Waals surface area (Å²) < 4.78 is 6.05. The maximum absolute atomic E-state index is 12.9. The Morgan fingerprint density at radius 1 is 1.11 bits per heavy atom. The number of carbonyl (C=O) groups is 1.